The van der Waals surface area contributed by atoms with Crippen molar-refractivity contribution in [3.8, 4) is 5.75 Å². The fraction of sp³-hybridized carbons (Fsp3) is 0.628. The topological polar surface area (TPSA) is 65.7 Å². The predicted molar refractivity (Wildman–Crippen MR) is 193 cm³/mol. The first-order valence-electron chi connectivity index (χ1n) is 19.0. The standard InChI is InChI=1S/C43H56O5/c1-27(2)9-8-10-28(3)29-13-18-37-36-16-14-30-23-32(19-22-43(30,5)38(36)20-21-42(37,4)25-29)47-40(44)26-46-31-15-17-34-33-11-6-7-12-35(33)41(45)48-39(34)24-31/h6-7,11-12,14-15,17,24,27-29,32,36-38H,8-10,13,16,18-23,25-26H2,1-5H3/t28-,29+,32-,36+,37-,38-,42-,43+/m1/s1. The lowest BCUT2D eigenvalue weighted by Gasteiger charge is -2.61. The van der Waals surface area contributed by atoms with Gasteiger partial charge in [-0.15, -0.1) is 0 Å². The molecule has 48 heavy (non-hydrogen) atoms. The number of hydrogen-bond acceptors (Lipinski definition) is 5. The number of hydrogen-bond donors (Lipinski definition) is 0. The van der Waals surface area contributed by atoms with Crippen LogP contribution in [0.5, 0.6) is 5.75 Å². The number of carbonyl (C=O) groups is 1. The van der Waals surface area contributed by atoms with E-state index in [0.717, 1.165) is 65.5 Å². The first kappa shape index (κ1) is 33.4. The highest BCUT2D eigenvalue weighted by molar-refractivity contribution is 6.04. The zero-order chi connectivity index (χ0) is 33.6. The zero-order valence-corrected chi connectivity index (χ0v) is 29.9. The Morgan fingerprint density at radius 1 is 0.938 bits per heavy atom. The lowest BCUT2D eigenvalue weighted by molar-refractivity contribution is -0.154. The van der Waals surface area contributed by atoms with Crippen LogP contribution >= 0.6 is 0 Å². The zero-order valence-electron chi connectivity index (χ0n) is 29.9. The van der Waals surface area contributed by atoms with Crippen molar-refractivity contribution >= 4 is 27.7 Å². The highest BCUT2D eigenvalue weighted by Gasteiger charge is 2.56. The first-order chi connectivity index (χ1) is 23.0. The summed E-state index contributed by atoms with van der Waals surface area (Å²) >= 11 is 0. The van der Waals surface area contributed by atoms with E-state index in [4.69, 9.17) is 13.9 Å². The number of rotatable bonds is 9. The van der Waals surface area contributed by atoms with Crippen molar-refractivity contribution in [1.29, 1.82) is 0 Å². The van der Waals surface area contributed by atoms with Gasteiger partial charge in [0.1, 0.15) is 17.4 Å². The van der Waals surface area contributed by atoms with Gasteiger partial charge in [-0.25, -0.2) is 9.59 Å². The fourth-order valence-electron chi connectivity index (χ4n) is 10.9. The quantitative estimate of drug-likeness (QED) is 0.0996. The van der Waals surface area contributed by atoms with Gasteiger partial charge < -0.3 is 13.9 Å². The molecule has 5 heteroatoms. The summed E-state index contributed by atoms with van der Waals surface area (Å²) in [6.07, 6.45) is 17.7. The molecule has 0 aliphatic heterocycles. The fourth-order valence-corrected chi connectivity index (χ4v) is 10.9. The number of allylic oxidation sites excluding steroid dienone is 1. The summed E-state index contributed by atoms with van der Waals surface area (Å²) in [6.45, 7) is 12.3. The molecule has 0 radical (unpaired) electrons. The van der Waals surface area contributed by atoms with Crippen LogP contribution in [0.1, 0.15) is 112 Å². The van der Waals surface area contributed by atoms with Crippen LogP contribution in [0.15, 0.2) is 63.3 Å². The Morgan fingerprint density at radius 3 is 2.56 bits per heavy atom. The normalized spacial score (nSPS) is 32.2. The average molecular weight is 653 g/mol. The lowest BCUT2D eigenvalue weighted by atomic mass is 9.44. The summed E-state index contributed by atoms with van der Waals surface area (Å²) in [6, 6.07) is 12.8. The van der Waals surface area contributed by atoms with Gasteiger partial charge in [0.15, 0.2) is 6.61 Å². The molecule has 4 aliphatic rings. The second kappa shape index (κ2) is 13.3. The summed E-state index contributed by atoms with van der Waals surface area (Å²) in [4.78, 5) is 25.4. The van der Waals surface area contributed by atoms with Crippen molar-refractivity contribution in [2.24, 2.45) is 46.3 Å². The molecule has 3 aromatic rings. The van der Waals surface area contributed by atoms with Crippen LogP contribution in [0.3, 0.4) is 0 Å². The molecule has 258 valence electrons. The Hall–Kier alpha value is -3.08. The minimum absolute atomic E-state index is 0.0977. The molecule has 0 unspecified atom stereocenters. The van der Waals surface area contributed by atoms with E-state index in [-0.39, 0.29) is 29.7 Å². The third-order valence-corrected chi connectivity index (χ3v) is 13.6. The van der Waals surface area contributed by atoms with Gasteiger partial charge in [0.2, 0.25) is 0 Å². The Bertz CT molecular complexity index is 1730. The van der Waals surface area contributed by atoms with Crippen molar-refractivity contribution in [2.45, 2.75) is 118 Å². The Kier molecular flexibility index (Phi) is 9.28. The van der Waals surface area contributed by atoms with E-state index in [0.29, 0.717) is 22.1 Å². The summed E-state index contributed by atoms with van der Waals surface area (Å²) in [7, 11) is 0. The van der Waals surface area contributed by atoms with Crippen LogP contribution in [0, 0.1) is 46.3 Å². The molecule has 4 aliphatic carbocycles. The number of fused-ring (bicyclic) bond motifs is 8. The minimum atomic E-state index is -0.380. The van der Waals surface area contributed by atoms with E-state index in [1.54, 1.807) is 12.1 Å². The second-order valence-electron chi connectivity index (χ2n) is 17.0. The molecular formula is C43H56O5. The molecule has 7 rings (SSSR count). The van der Waals surface area contributed by atoms with Crippen LogP contribution in [0.2, 0.25) is 0 Å². The summed E-state index contributed by atoms with van der Waals surface area (Å²) in [5, 5.41) is 2.23. The predicted octanol–water partition coefficient (Wildman–Crippen LogP) is 10.7. The Labute approximate surface area is 286 Å². The number of benzene rings is 2. The molecule has 0 spiro atoms. The molecule has 3 fully saturated rings. The van der Waals surface area contributed by atoms with Crippen molar-refractivity contribution in [2.75, 3.05) is 6.61 Å². The smallest absolute Gasteiger partial charge is 0.344 e. The van der Waals surface area contributed by atoms with Crippen molar-refractivity contribution in [1.82, 2.24) is 0 Å². The highest BCUT2D eigenvalue weighted by Crippen LogP contribution is 2.65. The average Bonchev–Trinajstić information content (AvgIpc) is 3.06. The van der Waals surface area contributed by atoms with Gasteiger partial charge in [-0.2, -0.15) is 0 Å². The van der Waals surface area contributed by atoms with E-state index >= 15 is 0 Å². The molecule has 2 aromatic carbocycles. The van der Waals surface area contributed by atoms with E-state index in [9.17, 15) is 9.59 Å². The van der Waals surface area contributed by atoms with E-state index in [2.05, 4.69) is 40.7 Å². The van der Waals surface area contributed by atoms with E-state index in [1.165, 1.54) is 63.4 Å². The van der Waals surface area contributed by atoms with Gasteiger partial charge >= 0.3 is 11.6 Å². The molecule has 0 amide bonds. The molecule has 3 saturated carbocycles. The van der Waals surface area contributed by atoms with Gasteiger partial charge in [-0.1, -0.05) is 83.7 Å². The first-order valence-corrected chi connectivity index (χ1v) is 19.0. The molecule has 0 bridgehead atoms. The van der Waals surface area contributed by atoms with E-state index in [1.807, 2.05) is 30.3 Å². The van der Waals surface area contributed by atoms with Crippen LogP contribution in [0.4, 0.5) is 0 Å². The van der Waals surface area contributed by atoms with Crippen molar-refractivity contribution in [3.05, 3.63) is 64.5 Å². The molecule has 8 atom stereocenters. The maximum Gasteiger partial charge on any atom is 0.344 e. The van der Waals surface area contributed by atoms with Gasteiger partial charge in [0, 0.05) is 17.9 Å². The Balaban J connectivity index is 0.947. The third kappa shape index (κ3) is 6.36. The summed E-state index contributed by atoms with van der Waals surface area (Å²) < 4.78 is 17.4. The SMILES string of the molecule is CC(C)CCC[C@@H](C)[C@H]1CC[C@@H]2[C@@H]3CC=C4C[C@H](OC(=O)COc5ccc6c(c5)oc(=O)c5ccccc56)CC[C@]4(C)[C@@H]3CC[C@]2(C)C1. The van der Waals surface area contributed by atoms with Crippen LogP contribution < -0.4 is 10.4 Å². The third-order valence-electron chi connectivity index (χ3n) is 13.6. The van der Waals surface area contributed by atoms with Gasteiger partial charge in [-0.3, -0.25) is 0 Å². The molecule has 0 N–H and O–H groups in total. The van der Waals surface area contributed by atoms with Crippen LogP contribution in [-0.2, 0) is 9.53 Å². The Morgan fingerprint density at radius 2 is 1.75 bits per heavy atom. The molecule has 0 saturated heterocycles. The van der Waals surface area contributed by atoms with Crippen LogP contribution in [0.25, 0.3) is 21.7 Å². The molecule has 5 nitrogen and oxygen atoms in total. The monoisotopic (exact) mass is 652 g/mol. The number of esters is 1. The second-order valence-corrected chi connectivity index (χ2v) is 17.0. The van der Waals surface area contributed by atoms with Crippen LogP contribution in [-0.4, -0.2) is 18.7 Å². The summed E-state index contributed by atoms with van der Waals surface area (Å²) in [5.41, 5.74) is 2.32. The van der Waals surface area contributed by atoms with Crippen molar-refractivity contribution in [3.63, 3.8) is 0 Å². The molecule has 1 heterocycles. The molecule has 1 aromatic heterocycles. The van der Waals surface area contributed by atoms with Gasteiger partial charge in [0.25, 0.3) is 0 Å². The van der Waals surface area contributed by atoms with Gasteiger partial charge in [-0.05, 0) is 121 Å². The summed E-state index contributed by atoms with van der Waals surface area (Å²) in [5.74, 6) is 5.10. The maximum atomic E-state index is 13.0. The lowest BCUT2D eigenvalue weighted by Crippen LogP contribution is -2.52. The van der Waals surface area contributed by atoms with E-state index < -0.39 is 0 Å². The van der Waals surface area contributed by atoms with Gasteiger partial charge in [0.05, 0.1) is 5.39 Å². The van der Waals surface area contributed by atoms with Crippen molar-refractivity contribution < 1.29 is 18.7 Å². The maximum absolute atomic E-state index is 13.0. The largest absolute Gasteiger partial charge is 0.482 e. The minimum Gasteiger partial charge on any atom is -0.482 e. The highest BCUT2D eigenvalue weighted by atomic mass is 16.6. The number of ether oxygens (including phenoxy) is 2. The number of carbonyl (C=O) groups excluding carboxylic acids is 1. The molecular weight excluding hydrogens is 596 g/mol.